The first-order valence-corrected chi connectivity index (χ1v) is 7.16. The van der Waals surface area contributed by atoms with E-state index in [-0.39, 0.29) is 5.92 Å². The van der Waals surface area contributed by atoms with Crippen LogP contribution >= 0.6 is 0 Å². The molecule has 0 aromatic heterocycles. The zero-order valence-electron chi connectivity index (χ0n) is 12.8. The molecule has 3 nitrogen and oxygen atoms in total. The lowest BCUT2D eigenvalue weighted by Gasteiger charge is -2.23. The summed E-state index contributed by atoms with van der Waals surface area (Å²) in [5.74, 6) is 0.670. The number of ether oxygens (including phenoxy) is 1. The molecule has 0 spiro atoms. The van der Waals surface area contributed by atoms with Gasteiger partial charge in [-0.3, -0.25) is 0 Å². The molecular weight excluding hydrogens is 262 g/mol. The average molecular weight is 285 g/mol. The van der Waals surface area contributed by atoms with Crippen LogP contribution in [0.4, 0.5) is 0 Å². The molecule has 2 aromatic carbocycles. The Labute approximate surface area is 126 Å². The van der Waals surface area contributed by atoms with Crippen molar-refractivity contribution in [3.63, 3.8) is 0 Å². The summed E-state index contributed by atoms with van der Waals surface area (Å²) in [4.78, 5) is 0. The van der Waals surface area contributed by atoms with Crippen LogP contribution in [0.1, 0.15) is 34.3 Å². The zero-order valence-corrected chi connectivity index (χ0v) is 12.8. The monoisotopic (exact) mass is 285 g/mol. The van der Waals surface area contributed by atoms with Crippen molar-refractivity contribution in [3.8, 4) is 5.75 Å². The molecule has 0 fully saturated rings. The molecule has 0 radical (unpaired) electrons. The summed E-state index contributed by atoms with van der Waals surface area (Å²) in [6, 6.07) is 13.9. The zero-order chi connectivity index (χ0) is 15.4. The number of aliphatic hydroxyl groups excluding tert-OH is 1. The summed E-state index contributed by atoms with van der Waals surface area (Å²) < 4.78 is 5.36. The van der Waals surface area contributed by atoms with Crippen LogP contribution < -0.4 is 10.5 Å². The minimum absolute atomic E-state index is 0.152. The van der Waals surface area contributed by atoms with Crippen molar-refractivity contribution >= 4 is 0 Å². The highest BCUT2D eigenvalue weighted by molar-refractivity contribution is 5.39. The van der Waals surface area contributed by atoms with Gasteiger partial charge in [-0.15, -0.1) is 0 Å². The van der Waals surface area contributed by atoms with E-state index in [4.69, 9.17) is 10.5 Å². The van der Waals surface area contributed by atoms with E-state index in [1.165, 1.54) is 0 Å². The Morgan fingerprint density at radius 2 is 1.86 bits per heavy atom. The normalized spacial score (nSPS) is 13.8. The summed E-state index contributed by atoms with van der Waals surface area (Å²) in [5.41, 5.74) is 10.00. The van der Waals surface area contributed by atoms with E-state index in [0.29, 0.717) is 6.54 Å². The molecular formula is C18H23NO2. The molecule has 2 atom stereocenters. The number of nitrogens with two attached hydrogens (primary N) is 1. The van der Waals surface area contributed by atoms with Crippen LogP contribution in [0, 0.1) is 13.8 Å². The van der Waals surface area contributed by atoms with E-state index in [1.54, 1.807) is 7.11 Å². The highest BCUT2D eigenvalue weighted by Crippen LogP contribution is 2.33. The highest BCUT2D eigenvalue weighted by Gasteiger charge is 2.22. The maximum Gasteiger partial charge on any atom is 0.122 e. The lowest BCUT2D eigenvalue weighted by molar-refractivity contribution is 0.147. The highest BCUT2D eigenvalue weighted by atomic mass is 16.5. The summed E-state index contributed by atoms with van der Waals surface area (Å²) in [5, 5.41) is 10.7. The lowest BCUT2D eigenvalue weighted by Crippen LogP contribution is -2.20. The smallest absolute Gasteiger partial charge is 0.122 e. The molecule has 2 rings (SSSR count). The van der Waals surface area contributed by atoms with Gasteiger partial charge in [0.25, 0.3) is 0 Å². The second kappa shape index (κ2) is 6.74. The van der Waals surface area contributed by atoms with Crippen molar-refractivity contribution in [1.82, 2.24) is 0 Å². The fourth-order valence-electron chi connectivity index (χ4n) is 2.60. The van der Waals surface area contributed by atoms with Crippen LogP contribution in [0.25, 0.3) is 0 Å². The number of benzene rings is 2. The molecule has 21 heavy (non-hydrogen) atoms. The van der Waals surface area contributed by atoms with Crippen LogP contribution in [0.3, 0.4) is 0 Å². The van der Waals surface area contributed by atoms with Crippen molar-refractivity contribution < 1.29 is 9.84 Å². The molecule has 0 aliphatic rings. The lowest BCUT2D eigenvalue weighted by atomic mass is 9.88. The third-order valence-corrected chi connectivity index (χ3v) is 3.88. The third-order valence-electron chi connectivity index (χ3n) is 3.88. The van der Waals surface area contributed by atoms with Gasteiger partial charge in [0.1, 0.15) is 5.75 Å². The maximum absolute atomic E-state index is 10.7. The summed E-state index contributed by atoms with van der Waals surface area (Å²) in [6.07, 6.45) is -0.623. The van der Waals surface area contributed by atoms with Crippen molar-refractivity contribution in [2.45, 2.75) is 25.9 Å². The second-order valence-corrected chi connectivity index (χ2v) is 5.43. The van der Waals surface area contributed by atoms with E-state index >= 15 is 0 Å². The Bertz CT molecular complexity index is 610. The van der Waals surface area contributed by atoms with Gasteiger partial charge in [-0.25, -0.2) is 0 Å². The third kappa shape index (κ3) is 3.43. The Hall–Kier alpha value is -1.84. The van der Waals surface area contributed by atoms with Crippen LogP contribution in [0.5, 0.6) is 5.75 Å². The van der Waals surface area contributed by atoms with Crippen molar-refractivity contribution in [2.75, 3.05) is 13.7 Å². The van der Waals surface area contributed by atoms with Gasteiger partial charge in [0, 0.05) is 12.5 Å². The molecule has 0 saturated heterocycles. The Morgan fingerprint density at radius 3 is 2.48 bits per heavy atom. The summed E-state index contributed by atoms with van der Waals surface area (Å²) >= 11 is 0. The van der Waals surface area contributed by atoms with Gasteiger partial charge in [-0.2, -0.15) is 0 Å². The number of aliphatic hydroxyl groups is 1. The number of aryl methyl sites for hydroxylation is 2. The predicted octanol–water partition coefficient (Wildman–Crippen LogP) is 3.09. The van der Waals surface area contributed by atoms with Crippen molar-refractivity contribution in [2.24, 2.45) is 5.73 Å². The van der Waals surface area contributed by atoms with Gasteiger partial charge in [0.2, 0.25) is 0 Å². The molecule has 0 heterocycles. The molecule has 3 N–H and O–H groups in total. The van der Waals surface area contributed by atoms with E-state index in [1.807, 2.05) is 56.3 Å². The summed E-state index contributed by atoms with van der Waals surface area (Å²) in [6.45, 7) is 4.39. The van der Waals surface area contributed by atoms with Gasteiger partial charge in [-0.1, -0.05) is 42.0 Å². The van der Waals surface area contributed by atoms with Gasteiger partial charge in [0.05, 0.1) is 13.2 Å². The van der Waals surface area contributed by atoms with Crippen LogP contribution in [0.15, 0.2) is 42.5 Å². The fourth-order valence-corrected chi connectivity index (χ4v) is 2.60. The van der Waals surface area contributed by atoms with Gasteiger partial charge < -0.3 is 15.6 Å². The second-order valence-electron chi connectivity index (χ2n) is 5.43. The Morgan fingerprint density at radius 1 is 1.10 bits per heavy atom. The number of methoxy groups -OCH3 is 1. The van der Waals surface area contributed by atoms with Gasteiger partial charge in [-0.05, 0) is 36.6 Å². The van der Waals surface area contributed by atoms with Crippen molar-refractivity contribution in [3.05, 3.63) is 64.7 Å². The van der Waals surface area contributed by atoms with E-state index < -0.39 is 6.10 Å². The van der Waals surface area contributed by atoms with Crippen LogP contribution in [-0.2, 0) is 0 Å². The standard InChI is InChI=1S/C18H23NO2/c1-12-5-4-6-15(9-12)18(20)16(11-19)14-8-7-13(2)17(10-14)21-3/h4-10,16,18,20H,11,19H2,1-3H3. The first-order chi connectivity index (χ1) is 10.1. The number of hydrogen-bond acceptors (Lipinski definition) is 3. The fraction of sp³-hybridized carbons (Fsp3) is 0.333. The molecule has 2 unspecified atom stereocenters. The van der Waals surface area contributed by atoms with Crippen LogP contribution in [0.2, 0.25) is 0 Å². The van der Waals surface area contributed by atoms with Crippen LogP contribution in [-0.4, -0.2) is 18.8 Å². The molecule has 0 amide bonds. The van der Waals surface area contributed by atoms with Gasteiger partial charge in [0.15, 0.2) is 0 Å². The topological polar surface area (TPSA) is 55.5 Å². The number of rotatable bonds is 5. The van der Waals surface area contributed by atoms with E-state index in [9.17, 15) is 5.11 Å². The molecule has 0 saturated carbocycles. The Kier molecular flexibility index (Phi) is 4.99. The molecule has 112 valence electrons. The quantitative estimate of drug-likeness (QED) is 0.887. The van der Waals surface area contributed by atoms with E-state index in [0.717, 1.165) is 28.0 Å². The molecule has 2 aromatic rings. The molecule has 3 heteroatoms. The number of hydrogen-bond donors (Lipinski definition) is 2. The molecule has 0 aliphatic heterocycles. The maximum atomic E-state index is 10.7. The first-order valence-electron chi connectivity index (χ1n) is 7.16. The first kappa shape index (κ1) is 15.5. The van der Waals surface area contributed by atoms with Gasteiger partial charge >= 0.3 is 0 Å². The average Bonchev–Trinajstić information content (AvgIpc) is 2.49. The summed E-state index contributed by atoms with van der Waals surface area (Å²) in [7, 11) is 1.65. The predicted molar refractivity (Wildman–Crippen MR) is 85.7 cm³/mol. The van der Waals surface area contributed by atoms with E-state index in [2.05, 4.69) is 0 Å². The van der Waals surface area contributed by atoms with Crippen molar-refractivity contribution in [1.29, 1.82) is 0 Å². The molecule has 0 bridgehead atoms. The SMILES string of the molecule is COc1cc(C(CN)C(O)c2cccc(C)c2)ccc1C. The largest absolute Gasteiger partial charge is 0.496 e. The Balaban J connectivity index is 2.35. The minimum Gasteiger partial charge on any atom is -0.496 e. The minimum atomic E-state index is -0.623. The molecule has 0 aliphatic carbocycles.